The molecule has 2 rings (SSSR count). The monoisotopic (exact) mass is 302 g/mol. The Morgan fingerprint density at radius 3 is 2.69 bits per heavy atom. The molecule has 16 heavy (non-hydrogen) atoms. The molecular formula is C10H11BrN2O2S. The SMILES string of the molecule is O=C(c1cccc(Br)n1)N1CCS(=O)CC1. The van der Waals surface area contributed by atoms with Crippen LogP contribution >= 0.6 is 15.9 Å². The fraction of sp³-hybridized carbons (Fsp3) is 0.400. The summed E-state index contributed by atoms with van der Waals surface area (Å²) < 4.78 is 11.8. The van der Waals surface area contributed by atoms with Gasteiger partial charge >= 0.3 is 0 Å². The van der Waals surface area contributed by atoms with E-state index >= 15 is 0 Å². The molecule has 0 radical (unpaired) electrons. The van der Waals surface area contributed by atoms with Gasteiger partial charge in [-0.3, -0.25) is 9.00 Å². The predicted molar refractivity (Wildman–Crippen MR) is 65.7 cm³/mol. The van der Waals surface area contributed by atoms with Crippen LogP contribution in [-0.2, 0) is 10.8 Å². The first-order chi connectivity index (χ1) is 7.66. The van der Waals surface area contributed by atoms with Crippen LogP contribution in [0.5, 0.6) is 0 Å². The van der Waals surface area contributed by atoms with Gasteiger partial charge in [0.2, 0.25) is 0 Å². The third-order valence-electron chi connectivity index (χ3n) is 2.40. The van der Waals surface area contributed by atoms with Crippen molar-refractivity contribution < 1.29 is 9.00 Å². The second-order valence-electron chi connectivity index (χ2n) is 3.49. The number of hydrogen-bond acceptors (Lipinski definition) is 3. The van der Waals surface area contributed by atoms with Gasteiger partial charge in [0.1, 0.15) is 10.3 Å². The van der Waals surface area contributed by atoms with E-state index in [1.807, 2.05) is 0 Å². The third-order valence-corrected chi connectivity index (χ3v) is 4.12. The Morgan fingerprint density at radius 2 is 2.06 bits per heavy atom. The second-order valence-corrected chi connectivity index (χ2v) is 5.99. The smallest absolute Gasteiger partial charge is 0.272 e. The molecule has 0 aromatic carbocycles. The van der Waals surface area contributed by atoms with E-state index in [0.29, 0.717) is 34.9 Å². The van der Waals surface area contributed by atoms with Gasteiger partial charge < -0.3 is 4.90 Å². The van der Waals surface area contributed by atoms with Crippen LogP contribution in [0, 0.1) is 0 Å². The molecule has 2 heterocycles. The number of halogens is 1. The van der Waals surface area contributed by atoms with Crippen LogP contribution in [-0.4, -0.2) is 44.6 Å². The summed E-state index contributed by atoms with van der Waals surface area (Å²) in [7, 11) is -0.762. The number of rotatable bonds is 1. The molecule has 1 aromatic rings. The number of amides is 1. The highest BCUT2D eigenvalue weighted by molar-refractivity contribution is 9.10. The van der Waals surface area contributed by atoms with E-state index in [0.717, 1.165) is 0 Å². The molecule has 1 fully saturated rings. The van der Waals surface area contributed by atoms with Crippen molar-refractivity contribution in [2.75, 3.05) is 24.6 Å². The Kier molecular flexibility index (Phi) is 3.70. The minimum absolute atomic E-state index is 0.0852. The summed E-state index contributed by atoms with van der Waals surface area (Å²) in [6.07, 6.45) is 0. The van der Waals surface area contributed by atoms with E-state index in [2.05, 4.69) is 20.9 Å². The Bertz CT molecular complexity index is 429. The van der Waals surface area contributed by atoms with Crippen molar-refractivity contribution in [1.82, 2.24) is 9.88 Å². The van der Waals surface area contributed by atoms with Gasteiger partial charge in [0.25, 0.3) is 5.91 Å². The fourth-order valence-corrected chi connectivity index (χ4v) is 2.93. The maximum absolute atomic E-state index is 12.0. The van der Waals surface area contributed by atoms with Crippen LogP contribution in [0.4, 0.5) is 0 Å². The van der Waals surface area contributed by atoms with Gasteiger partial charge in [-0.2, -0.15) is 0 Å². The van der Waals surface area contributed by atoms with Crippen molar-refractivity contribution in [3.63, 3.8) is 0 Å². The van der Waals surface area contributed by atoms with E-state index < -0.39 is 10.8 Å². The third kappa shape index (κ3) is 2.68. The zero-order valence-electron chi connectivity index (χ0n) is 8.56. The van der Waals surface area contributed by atoms with Crippen LogP contribution < -0.4 is 0 Å². The average Bonchev–Trinajstić information content (AvgIpc) is 2.29. The zero-order valence-corrected chi connectivity index (χ0v) is 11.0. The van der Waals surface area contributed by atoms with Gasteiger partial charge in [-0.15, -0.1) is 0 Å². The standard InChI is InChI=1S/C10H11BrN2O2S/c11-9-3-1-2-8(12-9)10(14)13-4-6-16(15)7-5-13/h1-3H,4-7H2. The topological polar surface area (TPSA) is 50.3 Å². The van der Waals surface area contributed by atoms with Gasteiger partial charge in [0, 0.05) is 35.4 Å². The molecule has 1 aromatic heterocycles. The summed E-state index contributed by atoms with van der Waals surface area (Å²) in [6.45, 7) is 1.11. The maximum atomic E-state index is 12.0. The Morgan fingerprint density at radius 1 is 1.38 bits per heavy atom. The quantitative estimate of drug-likeness (QED) is 0.729. The van der Waals surface area contributed by atoms with Crippen molar-refractivity contribution in [3.8, 4) is 0 Å². The van der Waals surface area contributed by atoms with Crippen molar-refractivity contribution in [1.29, 1.82) is 0 Å². The lowest BCUT2D eigenvalue weighted by Gasteiger charge is -2.25. The van der Waals surface area contributed by atoms with Crippen molar-refractivity contribution in [2.24, 2.45) is 0 Å². The average molecular weight is 303 g/mol. The number of hydrogen-bond donors (Lipinski definition) is 0. The van der Waals surface area contributed by atoms with Crippen LogP contribution in [0.3, 0.4) is 0 Å². The molecule has 86 valence electrons. The summed E-state index contributed by atoms with van der Waals surface area (Å²) in [6, 6.07) is 5.26. The first kappa shape index (κ1) is 11.7. The van der Waals surface area contributed by atoms with Crippen LogP contribution in [0.15, 0.2) is 22.8 Å². The van der Waals surface area contributed by atoms with Gasteiger partial charge in [-0.25, -0.2) is 4.98 Å². The minimum Gasteiger partial charge on any atom is -0.335 e. The van der Waals surface area contributed by atoms with E-state index in [9.17, 15) is 9.00 Å². The van der Waals surface area contributed by atoms with E-state index in [1.165, 1.54) is 0 Å². The largest absolute Gasteiger partial charge is 0.335 e. The second kappa shape index (κ2) is 5.05. The predicted octanol–water partition coefficient (Wildman–Crippen LogP) is 1.05. The normalized spacial score (nSPS) is 17.4. The summed E-state index contributed by atoms with van der Waals surface area (Å²) in [5, 5.41) is 0. The molecule has 0 unspecified atom stereocenters. The molecular weight excluding hydrogens is 292 g/mol. The number of nitrogens with zero attached hydrogens (tertiary/aromatic N) is 2. The van der Waals surface area contributed by atoms with Crippen molar-refractivity contribution in [2.45, 2.75) is 0 Å². The number of pyridine rings is 1. The lowest BCUT2D eigenvalue weighted by molar-refractivity contribution is 0.0765. The highest BCUT2D eigenvalue weighted by Gasteiger charge is 2.21. The number of carbonyl (C=O) groups is 1. The lowest BCUT2D eigenvalue weighted by Crippen LogP contribution is -2.42. The first-order valence-corrected chi connectivity index (χ1v) is 7.22. The zero-order chi connectivity index (χ0) is 11.5. The Balaban J connectivity index is 2.10. The van der Waals surface area contributed by atoms with Crippen molar-refractivity contribution >= 4 is 32.6 Å². The molecule has 6 heteroatoms. The van der Waals surface area contributed by atoms with E-state index in [-0.39, 0.29) is 5.91 Å². The lowest BCUT2D eigenvalue weighted by atomic mass is 10.3. The molecule has 1 aliphatic rings. The molecule has 4 nitrogen and oxygen atoms in total. The highest BCUT2D eigenvalue weighted by Crippen LogP contribution is 2.10. The Hall–Kier alpha value is -0.750. The first-order valence-electron chi connectivity index (χ1n) is 4.93. The summed E-state index contributed by atoms with van der Waals surface area (Å²) in [5.74, 6) is 1.05. The van der Waals surface area contributed by atoms with Gasteiger partial charge in [-0.05, 0) is 28.1 Å². The molecule has 0 atom stereocenters. The van der Waals surface area contributed by atoms with Crippen LogP contribution in [0.25, 0.3) is 0 Å². The highest BCUT2D eigenvalue weighted by atomic mass is 79.9. The van der Waals surface area contributed by atoms with Gasteiger partial charge in [0.15, 0.2) is 0 Å². The fourth-order valence-electron chi connectivity index (χ4n) is 1.53. The molecule has 0 bridgehead atoms. The summed E-state index contributed by atoms with van der Waals surface area (Å²) in [5.41, 5.74) is 0.432. The summed E-state index contributed by atoms with van der Waals surface area (Å²) >= 11 is 3.23. The van der Waals surface area contributed by atoms with E-state index in [4.69, 9.17) is 0 Å². The van der Waals surface area contributed by atoms with Crippen LogP contribution in [0.1, 0.15) is 10.5 Å². The molecule has 0 saturated carbocycles. The number of aromatic nitrogens is 1. The van der Waals surface area contributed by atoms with Crippen LogP contribution in [0.2, 0.25) is 0 Å². The van der Waals surface area contributed by atoms with Gasteiger partial charge in [0.05, 0.1) is 0 Å². The number of carbonyl (C=O) groups excluding carboxylic acids is 1. The maximum Gasteiger partial charge on any atom is 0.272 e. The summed E-state index contributed by atoms with van der Waals surface area (Å²) in [4.78, 5) is 17.8. The van der Waals surface area contributed by atoms with E-state index in [1.54, 1.807) is 23.1 Å². The molecule has 0 aliphatic carbocycles. The molecule has 1 aliphatic heterocycles. The molecule has 1 amide bonds. The molecule has 0 spiro atoms. The Labute approximate surface area is 105 Å². The molecule has 0 N–H and O–H groups in total. The van der Waals surface area contributed by atoms with Gasteiger partial charge in [-0.1, -0.05) is 6.07 Å². The molecule has 1 saturated heterocycles. The minimum atomic E-state index is -0.762. The van der Waals surface area contributed by atoms with Crippen molar-refractivity contribution in [3.05, 3.63) is 28.5 Å².